The smallest absolute Gasteiger partial charge is 0.266 e. The number of thiophene rings is 1. The molecule has 3 aromatic rings. The van der Waals surface area contributed by atoms with Gasteiger partial charge in [-0.2, -0.15) is 0 Å². The zero-order valence-corrected chi connectivity index (χ0v) is 17.3. The molecule has 1 aromatic carbocycles. The van der Waals surface area contributed by atoms with Gasteiger partial charge in [0.2, 0.25) is 10.0 Å². The van der Waals surface area contributed by atoms with Crippen LogP contribution in [0.3, 0.4) is 0 Å². The number of nitrogens with one attached hydrogen (secondary N) is 1. The highest BCUT2D eigenvalue weighted by atomic mass is 32.2. The van der Waals surface area contributed by atoms with E-state index in [2.05, 4.69) is 10.3 Å². The Balaban J connectivity index is 1.68. The van der Waals surface area contributed by atoms with E-state index in [1.54, 1.807) is 19.3 Å². The van der Waals surface area contributed by atoms with Crippen LogP contribution in [0.1, 0.15) is 20.8 Å². The zero-order valence-electron chi connectivity index (χ0n) is 15.6. The molecule has 2 aromatic heterocycles. The number of sulfonamides is 1. The van der Waals surface area contributed by atoms with Crippen LogP contribution in [0.25, 0.3) is 0 Å². The summed E-state index contributed by atoms with van der Waals surface area (Å²) in [6.45, 7) is 2.26. The maximum atomic E-state index is 12.8. The number of carbonyl (C=O) groups is 1. The summed E-state index contributed by atoms with van der Waals surface area (Å²) in [7, 11) is -2.11. The number of benzene rings is 1. The van der Waals surface area contributed by atoms with Crippen LogP contribution in [-0.4, -0.2) is 37.2 Å². The SMILES string of the molecule is Cc1ccnc(NC(=O)c2cc(S(=O)(=O)N(C)CCc3ccccc3)cs2)c1. The van der Waals surface area contributed by atoms with E-state index in [0.717, 1.165) is 22.5 Å². The molecule has 0 spiro atoms. The molecular formula is C20H21N3O3S2. The Morgan fingerprint density at radius 3 is 2.64 bits per heavy atom. The largest absolute Gasteiger partial charge is 0.306 e. The number of hydrogen-bond donors (Lipinski definition) is 1. The topological polar surface area (TPSA) is 79.4 Å². The van der Waals surface area contributed by atoms with Crippen LogP contribution in [-0.2, 0) is 16.4 Å². The van der Waals surface area contributed by atoms with Crippen molar-refractivity contribution in [1.82, 2.24) is 9.29 Å². The quantitative estimate of drug-likeness (QED) is 0.640. The minimum atomic E-state index is -3.65. The molecule has 0 aliphatic rings. The van der Waals surface area contributed by atoms with Crippen molar-refractivity contribution in [2.75, 3.05) is 18.9 Å². The summed E-state index contributed by atoms with van der Waals surface area (Å²) in [4.78, 5) is 16.9. The van der Waals surface area contributed by atoms with Crippen molar-refractivity contribution in [1.29, 1.82) is 0 Å². The van der Waals surface area contributed by atoms with Crippen LogP contribution < -0.4 is 5.32 Å². The fourth-order valence-corrected chi connectivity index (χ4v) is 4.91. The van der Waals surface area contributed by atoms with E-state index in [9.17, 15) is 13.2 Å². The molecule has 1 amide bonds. The minimum Gasteiger partial charge on any atom is -0.306 e. The molecule has 0 aliphatic heterocycles. The molecule has 3 rings (SSSR count). The predicted octanol–water partition coefficient (Wildman–Crippen LogP) is 3.57. The third kappa shape index (κ3) is 4.83. The first-order chi connectivity index (χ1) is 13.4. The monoisotopic (exact) mass is 415 g/mol. The standard InChI is InChI=1S/C20H21N3O3S2/c1-15-8-10-21-19(12-15)22-20(24)18-13-17(14-27-18)28(25,26)23(2)11-9-16-6-4-3-5-7-16/h3-8,10,12-14H,9,11H2,1-2H3,(H,21,22,24). The number of hydrogen-bond acceptors (Lipinski definition) is 5. The Morgan fingerprint density at radius 2 is 1.93 bits per heavy atom. The lowest BCUT2D eigenvalue weighted by atomic mass is 10.2. The van der Waals surface area contributed by atoms with Crippen molar-refractivity contribution in [3.8, 4) is 0 Å². The third-order valence-corrected chi connectivity index (χ3v) is 7.14. The third-order valence-electron chi connectivity index (χ3n) is 4.22. The van der Waals surface area contributed by atoms with Crippen molar-refractivity contribution < 1.29 is 13.2 Å². The molecule has 0 bridgehead atoms. The second-order valence-electron chi connectivity index (χ2n) is 6.38. The van der Waals surface area contributed by atoms with Gasteiger partial charge in [-0.05, 0) is 42.7 Å². The second-order valence-corrected chi connectivity index (χ2v) is 9.34. The number of anilines is 1. The molecule has 28 heavy (non-hydrogen) atoms. The number of nitrogens with zero attached hydrogens (tertiary/aromatic N) is 2. The molecular weight excluding hydrogens is 394 g/mol. The molecule has 6 nitrogen and oxygen atoms in total. The summed E-state index contributed by atoms with van der Waals surface area (Å²) in [5.41, 5.74) is 2.04. The number of pyridine rings is 1. The van der Waals surface area contributed by atoms with Gasteiger partial charge < -0.3 is 5.32 Å². The van der Waals surface area contributed by atoms with Gasteiger partial charge in [-0.25, -0.2) is 17.7 Å². The number of likely N-dealkylation sites (N-methyl/N-ethyl adjacent to an activating group) is 1. The maximum absolute atomic E-state index is 12.8. The molecule has 0 aliphatic carbocycles. The summed E-state index contributed by atoms with van der Waals surface area (Å²) >= 11 is 1.09. The average Bonchev–Trinajstić information content (AvgIpc) is 3.18. The van der Waals surface area contributed by atoms with Crippen LogP contribution in [0.4, 0.5) is 5.82 Å². The Hall–Kier alpha value is -2.55. The van der Waals surface area contributed by atoms with Gasteiger partial charge in [0.1, 0.15) is 5.82 Å². The summed E-state index contributed by atoms with van der Waals surface area (Å²) in [5, 5.41) is 4.18. The second kappa shape index (κ2) is 8.64. The van der Waals surface area contributed by atoms with Crippen LogP contribution in [0, 0.1) is 6.92 Å². The van der Waals surface area contributed by atoms with Gasteiger partial charge >= 0.3 is 0 Å². The van der Waals surface area contributed by atoms with Gasteiger partial charge in [-0.1, -0.05) is 30.3 Å². The van der Waals surface area contributed by atoms with Gasteiger partial charge in [0.15, 0.2) is 0 Å². The lowest BCUT2D eigenvalue weighted by Gasteiger charge is -2.16. The van der Waals surface area contributed by atoms with E-state index in [-0.39, 0.29) is 10.8 Å². The van der Waals surface area contributed by atoms with Crippen molar-refractivity contribution in [2.24, 2.45) is 0 Å². The first kappa shape index (κ1) is 20.2. The fraction of sp³-hybridized carbons (Fsp3) is 0.200. The van der Waals surface area contributed by atoms with Gasteiger partial charge in [-0.3, -0.25) is 4.79 Å². The first-order valence-corrected chi connectivity index (χ1v) is 11.0. The van der Waals surface area contributed by atoms with Gasteiger partial charge in [0.25, 0.3) is 5.91 Å². The summed E-state index contributed by atoms with van der Waals surface area (Å²) < 4.78 is 26.9. The van der Waals surface area contributed by atoms with E-state index in [1.807, 2.05) is 43.3 Å². The highest BCUT2D eigenvalue weighted by Crippen LogP contribution is 2.23. The molecule has 146 valence electrons. The summed E-state index contributed by atoms with van der Waals surface area (Å²) in [5.74, 6) is 0.0549. The number of aryl methyl sites for hydroxylation is 1. The lowest BCUT2D eigenvalue weighted by molar-refractivity contribution is 0.103. The molecule has 1 N–H and O–H groups in total. The molecule has 0 atom stereocenters. The molecule has 0 unspecified atom stereocenters. The summed E-state index contributed by atoms with van der Waals surface area (Å²) in [6.07, 6.45) is 2.23. The van der Waals surface area contributed by atoms with Crippen LogP contribution in [0.5, 0.6) is 0 Å². The molecule has 2 heterocycles. The van der Waals surface area contributed by atoms with Crippen LogP contribution in [0.15, 0.2) is 65.0 Å². The summed E-state index contributed by atoms with van der Waals surface area (Å²) in [6, 6.07) is 14.7. The fourth-order valence-electron chi connectivity index (χ4n) is 2.59. The lowest BCUT2D eigenvalue weighted by Crippen LogP contribution is -2.28. The van der Waals surface area contributed by atoms with Crippen LogP contribution >= 0.6 is 11.3 Å². The van der Waals surface area contributed by atoms with Gasteiger partial charge in [-0.15, -0.1) is 11.3 Å². The highest BCUT2D eigenvalue weighted by Gasteiger charge is 2.23. The van der Waals surface area contributed by atoms with Crippen molar-refractivity contribution in [3.05, 3.63) is 76.1 Å². The van der Waals surface area contributed by atoms with Crippen molar-refractivity contribution >= 4 is 33.1 Å². The van der Waals surface area contributed by atoms with Crippen molar-refractivity contribution in [3.63, 3.8) is 0 Å². The molecule has 0 fully saturated rings. The number of carbonyl (C=O) groups excluding carboxylic acids is 1. The molecule has 0 saturated carbocycles. The van der Waals surface area contributed by atoms with Gasteiger partial charge in [0, 0.05) is 25.2 Å². The van der Waals surface area contributed by atoms with E-state index in [0.29, 0.717) is 23.7 Å². The molecule has 0 saturated heterocycles. The number of rotatable bonds is 7. The first-order valence-electron chi connectivity index (χ1n) is 8.69. The highest BCUT2D eigenvalue weighted by molar-refractivity contribution is 7.89. The normalized spacial score (nSPS) is 11.5. The van der Waals surface area contributed by atoms with E-state index < -0.39 is 10.0 Å². The van der Waals surface area contributed by atoms with E-state index in [1.165, 1.54) is 15.8 Å². The van der Waals surface area contributed by atoms with Crippen molar-refractivity contribution in [2.45, 2.75) is 18.2 Å². The van der Waals surface area contributed by atoms with Gasteiger partial charge in [0.05, 0.1) is 9.77 Å². The predicted molar refractivity (Wildman–Crippen MR) is 111 cm³/mol. The number of aromatic nitrogens is 1. The molecule has 0 radical (unpaired) electrons. The molecule has 8 heteroatoms. The zero-order chi connectivity index (χ0) is 20.1. The van der Waals surface area contributed by atoms with Crippen LogP contribution in [0.2, 0.25) is 0 Å². The van der Waals surface area contributed by atoms with E-state index >= 15 is 0 Å². The minimum absolute atomic E-state index is 0.121. The Morgan fingerprint density at radius 1 is 1.18 bits per heavy atom. The average molecular weight is 416 g/mol. The van der Waals surface area contributed by atoms with E-state index in [4.69, 9.17) is 0 Å². The Labute approximate surface area is 168 Å². The number of amides is 1. The Kier molecular flexibility index (Phi) is 6.23. The Bertz CT molecular complexity index is 1060. The maximum Gasteiger partial charge on any atom is 0.266 e.